The zero-order valence-corrected chi connectivity index (χ0v) is 19.2. The normalized spacial score (nSPS) is 18.1. The van der Waals surface area contributed by atoms with Gasteiger partial charge < -0.3 is 0 Å². The van der Waals surface area contributed by atoms with Crippen molar-refractivity contribution in [1.29, 1.82) is 0 Å². The van der Waals surface area contributed by atoms with Crippen molar-refractivity contribution in [3.63, 3.8) is 0 Å². The SMILES string of the molecule is C/C=C/CCC1CCC(c2c(F)c(F)c(C#Cc3ccc4c(F)c(F)ccc4c3)c(F)c2F)CC1. The van der Waals surface area contributed by atoms with Crippen LogP contribution in [-0.2, 0) is 0 Å². The molecule has 0 heterocycles. The number of fused-ring (bicyclic) bond motifs is 1. The third-order valence-electron chi connectivity index (χ3n) is 6.77. The minimum atomic E-state index is -1.52. The maximum atomic E-state index is 14.9. The Bertz CT molecular complexity index is 1310. The monoisotopic (exact) mass is 486 g/mol. The second-order valence-corrected chi connectivity index (χ2v) is 8.96. The van der Waals surface area contributed by atoms with Crippen LogP contribution >= 0.6 is 0 Å². The van der Waals surface area contributed by atoms with Gasteiger partial charge in [-0.3, -0.25) is 0 Å². The molecular weight excluding hydrogens is 462 g/mol. The highest BCUT2D eigenvalue weighted by atomic mass is 19.2. The van der Waals surface area contributed by atoms with Gasteiger partial charge in [0.25, 0.3) is 0 Å². The summed E-state index contributed by atoms with van der Waals surface area (Å²) < 4.78 is 86.7. The second-order valence-electron chi connectivity index (χ2n) is 8.96. The van der Waals surface area contributed by atoms with Crippen LogP contribution in [0.5, 0.6) is 0 Å². The van der Waals surface area contributed by atoms with Crippen molar-refractivity contribution in [2.75, 3.05) is 0 Å². The second kappa shape index (κ2) is 10.6. The lowest BCUT2D eigenvalue weighted by Gasteiger charge is -2.29. The molecule has 0 saturated heterocycles. The van der Waals surface area contributed by atoms with E-state index in [1.54, 1.807) is 0 Å². The molecule has 0 unspecified atom stereocenters. The molecule has 3 aromatic rings. The van der Waals surface area contributed by atoms with Crippen LogP contribution in [0.1, 0.15) is 68.1 Å². The third-order valence-corrected chi connectivity index (χ3v) is 6.77. The van der Waals surface area contributed by atoms with Gasteiger partial charge in [-0.15, -0.1) is 0 Å². The van der Waals surface area contributed by atoms with Gasteiger partial charge >= 0.3 is 0 Å². The van der Waals surface area contributed by atoms with Gasteiger partial charge in [-0.25, -0.2) is 26.3 Å². The van der Waals surface area contributed by atoms with Crippen molar-refractivity contribution in [3.05, 3.63) is 94.1 Å². The Morgan fingerprint density at radius 3 is 2.14 bits per heavy atom. The first-order chi connectivity index (χ1) is 16.8. The number of hydrogen-bond acceptors (Lipinski definition) is 0. The molecule has 35 heavy (non-hydrogen) atoms. The molecule has 0 N–H and O–H groups in total. The lowest BCUT2D eigenvalue weighted by atomic mass is 9.76. The van der Waals surface area contributed by atoms with Crippen LogP contribution in [-0.4, -0.2) is 0 Å². The molecule has 0 bridgehead atoms. The van der Waals surface area contributed by atoms with Gasteiger partial charge in [0, 0.05) is 16.5 Å². The van der Waals surface area contributed by atoms with Crippen molar-refractivity contribution in [3.8, 4) is 11.8 Å². The summed E-state index contributed by atoms with van der Waals surface area (Å²) in [6.07, 6.45) is 8.40. The molecule has 0 atom stereocenters. The summed E-state index contributed by atoms with van der Waals surface area (Å²) in [6, 6.07) is 6.31. The molecule has 4 rings (SSSR count). The molecule has 182 valence electrons. The average molecular weight is 486 g/mol. The predicted molar refractivity (Wildman–Crippen MR) is 125 cm³/mol. The van der Waals surface area contributed by atoms with Gasteiger partial charge in [0.05, 0.1) is 0 Å². The molecule has 1 aliphatic rings. The molecule has 1 saturated carbocycles. The Kier molecular flexibility index (Phi) is 7.54. The molecule has 0 aliphatic heterocycles. The quantitative estimate of drug-likeness (QED) is 0.150. The molecule has 0 nitrogen and oxygen atoms in total. The van der Waals surface area contributed by atoms with E-state index < -0.39 is 51.9 Å². The standard InChI is InChI=1S/C29H24F6/c1-2-3-4-5-17-6-10-19(11-7-17)24-28(34)26(32)22(27(33)29(24)35)14-9-18-8-13-21-20(16-18)12-15-23(30)25(21)31/h2-3,8,12-13,15-17,19H,4-7,10-11H2,1H3/b3-2+. The molecule has 6 heteroatoms. The molecule has 1 fully saturated rings. The van der Waals surface area contributed by atoms with Crippen molar-refractivity contribution >= 4 is 10.8 Å². The van der Waals surface area contributed by atoms with Crippen LogP contribution in [0.15, 0.2) is 42.5 Å². The average Bonchev–Trinajstić information content (AvgIpc) is 2.86. The first kappa shape index (κ1) is 24.9. The van der Waals surface area contributed by atoms with E-state index in [0.717, 1.165) is 31.7 Å². The zero-order chi connectivity index (χ0) is 25.1. The van der Waals surface area contributed by atoms with Gasteiger partial charge in [-0.05, 0) is 80.9 Å². The highest BCUT2D eigenvalue weighted by Gasteiger charge is 2.32. The lowest BCUT2D eigenvalue weighted by molar-refractivity contribution is 0.298. The topological polar surface area (TPSA) is 0 Å². The van der Waals surface area contributed by atoms with E-state index in [4.69, 9.17) is 0 Å². The summed E-state index contributed by atoms with van der Waals surface area (Å²) in [5, 5.41) is 0.344. The van der Waals surface area contributed by atoms with Crippen LogP contribution in [0.3, 0.4) is 0 Å². The maximum absolute atomic E-state index is 14.9. The van der Waals surface area contributed by atoms with Gasteiger partial charge in [-0.1, -0.05) is 36.1 Å². The lowest BCUT2D eigenvalue weighted by Crippen LogP contribution is -2.17. The molecule has 0 radical (unpaired) electrons. The summed E-state index contributed by atoms with van der Waals surface area (Å²) >= 11 is 0. The first-order valence-corrected chi connectivity index (χ1v) is 11.7. The first-order valence-electron chi connectivity index (χ1n) is 11.7. The van der Waals surface area contributed by atoms with E-state index in [2.05, 4.69) is 17.9 Å². The van der Waals surface area contributed by atoms with Crippen LogP contribution < -0.4 is 0 Å². The minimum Gasteiger partial charge on any atom is -0.204 e. The largest absolute Gasteiger partial charge is 0.204 e. The Labute approximate surface area is 200 Å². The van der Waals surface area contributed by atoms with E-state index in [9.17, 15) is 26.3 Å². The third kappa shape index (κ3) is 5.10. The number of halogens is 6. The van der Waals surface area contributed by atoms with E-state index in [0.29, 0.717) is 24.1 Å². The predicted octanol–water partition coefficient (Wildman–Crippen LogP) is 8.70. The molecule has 1 aliphatic carbocycles. The van der Waals surface area contributed by atoms with Crippen LogP contribution in [0, 0.1) is 52.7 Å². The van der Waals surface area contributed by atoms with Crippen LogP contribution in [0.4, 0.5) is 26.3 Å². The summed E-state index contributed by atoms with van der Waals surface area (Å²) in [7, 11) is 0. The van der Waals surface area contributed by atoms with E-state index in [-0.39, 0.29) is 10.9 Å². The van der Waals surface area contributed by atoms with Crippen molar-refractivity contribution in [2.45, 2.75) is 51.4 Å². The maximum Gasteiger partial charge on any atom is 0.177 e. The Hall–Kier alpha value is -3.20. The van der Waals surface area contributed by atoms with Crippen molar-refractivity contribution < 1.29 is 26.3 Å². The fourth-order valence-corrected chi connectivity index (χ4v) is 4.83. The fraction of sp³-hybridized carbons (Fsp3) is 0.310. The Balaban J connectivity index is 1.60. The Morgan fingerprint density at radius 2 is 1.49 bits per heavy atom. The van der Waals surface area contributed by atoms with Gasteiger partial charge in [-0.2, -0.15) is 0 Å². The Morgan fingerprint density at radius 1 is 0.800 bits per heavy atom. The van der Waals surface area contributed by atoms with E-state index in [1.807, 2.05) is 13.0 Å². The van der Waals surface area contributed by atoms with Gasteiger partial charge in [0.2, 0.25) is 0 Å². The summed E-state index contributed by atoms with van der Waals surface area (Å²) in [6.45, 7) is 1.95. The number of hydrogen-bond donors (Lipinski definition) is 0. The minimum absolute atomic E-state index is 0.0194. The van der Waals surface area contributed by atoms with E-state index in [1.165, 1.54) is 24.3 Å². The number of rotatable bonds is 4. The zero-order valence-electron chi connectivity index (χ0n) is 19.2. The molecular formula is C29H24F6. The van der Waals surface area contributed by atoms with Gasteiger partial charge in [0.1, 0.15) is 5.56 Å². The smallest absolute Gasteiger partial charge is 0.177 e. The summed E-state index contributed by atoms with van der Waals surface area (Å²) in [4.78, 5) is 0. The van der Waals surface area contributed by atoms with E-state index >= 15 is 0 Å². The molecule has 3 aromatic carbocycles. The van der Waals surface area contributed by atoms with Crippen molar-refractivity contribution in [1.82, 2.24) is 0 Å². The summed E-state index contributed by atoms with van der Waals surface area (Å²) in [5.41, 5.74) is -1.31. The molecule has 0 spiro atoms. The van der Waals surface area contributed by atoms with Crippen LogP contribution in [0.2, 0.25) is 0 Å². The van der Waals surface area contributed by atoms with Crippen molar-refractivity contribution in [2.24, 2.45) is 5.92 Å². The fourth-order valence-electron chi connectivity index (χ4n) is 4.83. The summed E-state index contributed by atoms with van der Waals surface area (Å²) in [5.74, 6) is -3.38. The highest BCUT2D eigenvalue weighted by Crippen LogP contribution is 2.41. The molecule has 0 amide bonds. The number of allylic oxidation sites excluding steroid dienone is 2. The van der Waals surface area contributed by atoms with Crippen LogP contribution in [0.25, 0.3) is 10.8 Å². The molecule has 0 aromatic heterocycles. The highest BCUT2D eigenvalue weighted by molar-refractivity contribution is 5.84. The number of benzene rings is 3. The van der Waals surface area contributed by atoms with Gasteiger partial charge in [0.15, 0.2) is 34.9 Å².